The Morgan fingerprint density at radius 3 is 2.33 bits per heavy atom. The molecule has 0 aromatic carbocycles. The summed E-state index contributed by atoms with van der Waals surface area (Å²) in [6.07, 6.45) is 2.23. The van der Waals surface area contributed by atoms with E-state index in [2.05, 4.69) is 12.2 Å². The lowest BCUT2D eigenvalue weighted by Gasteiger charge is -2.52. The van der Waals surface area contributed by atoms with Crippen LogP contribution in [0.25, 0.3) is 0 Å². The van der Waals surface area contributed by atoms with Crippen LogP contribution in [0.2, 0.25) is 0 Å². The van der Waals surface area contributed by atoms with Gasteiger partial charge in [0.25, 0.3) is 0 Å². The fourth-order valence-corrected chi connectivity index (χ4v) is 3.36. The highest BCUT2D eigenvalue weighted by Gasteiger charge is 2.51. The van der Waals surface area contributed by atoms with Crippen molar-refractivity contribution in [1.82, 2.24) is 10.2 Å². The molecule has 1 N–H and O–H groups in total. The first-order valence-corrected chi connectivity index (χ1v) is 7.92. The minimum atomic E-state index is -0.451. The molecule has 0 spiro atoms. The van der Waals surface area contributed by atoms with E-state index in [1.54, 1.807) is 0 Å². The van der Waals surface area contributed by atoms with Crippen LogP contribution in [-0.2, 0) is 14.3 Å². The highest BCUT2D eigenvalue weighted by Crippen LogP contribution is 2.35. The van der Waals surface area contributed by atoms with Gasteiger partial charge >= 0.3 is 0 Å². The van der Waals surface area contributed by atoms with Gasteiger partial charge in [-0.1, -0.05) is 27.7 Å². The van der Waals surface area contributed by atoms with Gasteiger partial charge in [-0.25, -0.2) is 0 Å². The highest BCUT2D eigenvalue weighted by molar-refractivity contribution is 5.97. The minimum absolute atomic E-state index is 0.0234. The van der Waals surface area contributed by atoms with Crippen LogP contribution in [0.3, 0.4) is 0 Å². The standard InChI is InChI=1S/C16H28N2O3/c1-6-11-13(19)17-12(15(2,3)4)14(20)18(11)16(5)7-9-21-10-8-16/h11-12H,6-10H2,1-5H3,(H,17,19). The molecule has 0 saturated carbocycles. The molecule has 0 radical (unpaired) electrons. The van der Waals surface area contributed by atoms with E-state index in [1.807, 2.05) is 32.6 Å². The molecule has 0 aromatic heterocycles. The van der Waals surface area contributed by atoms with E-state index < -0.39 is 6.04 Å². The molecule has 2 amide bonds. The van der Waals surface area contributed by atoms with Crippen molar-refractivity contribution in [2.24, 2.45) is 5.41 Å². The summed E-state index contributed by atoms with van der Waals surface area (Å²) in [5, 5.41) is 2.93. The number of nitrogens with zero attached hydrogens (tertiary/aromatic N) is 1. The van der Waals surface area contributed by atoms with Crippen molar-refractivity contribution in [2.75, 3.05) is 13.2 Å². The average molecular weight is 296 g/mol. The van der Waals surface area contributed by atoms with Crippen molar-refractivity contribution >= 4 is 11.8 Å². The lowest BCUT2D eigenvalue weighted by molar-refractivity contribution is -0.164. The topological polar surface area (TPSA) is 58.6 Å². The Morgan fingerprint density at radius 2 is 1.86 bits per heavy atom. The molecule has 5 heteroatoms. The molecule has 2 saturated heterocycles. The normalized spacial score (nSPS) is 30.2. The van der Waals surface area contributed by atoms with Crippen LogP contribution in [-0.4, -0.2) is 47.6 Å². The van der Waals surface area contributed by atoms with E-state index in [4.69, 9.17) is 4.74 Å². The van der Waals surface area contributed by atoms with Crippen molar-refractivity contribution in [3.05, 3.63) is 0 Å². The number of amides is 2. The van der Waals surface area contributed by atoms with E-state index >= 15 is 0 Å². The largest absolute Gasteiger partial charge is 0.381 e. The number of hydrogen-bond acceptors (Lipinski definition) is 3. The number of nitrogens with one attached hydrogen (secondary N) is 1. The van der Waals surface area contributed by atoms with E-state index in [-0.39, 0.29) is 28.8 Å². The number of rotatable bonds is 2. The highest BCUT2D eigenvalue weighted by atomic mass is 16.5. The molecule has 0 aliphatic carbocycles. The minimum Gasteiger partial charge on any atom is -0.381 e. The molecular weight excluding hydrogens is 268 g/mol. The summed E-state index contributed by atoms with van der Waals surface area (Å²) < 4.78 is 5.44. The Labute approximate surface area is 127 Å². The number of carbonyl (C=O) groups is 2. The first kappa shape index (κ1) is 16.3. The molecule has 2 fully saturated rings. The van der Waals surface area contributed by atoms with Crippen LogP contribution in [0.4, 0.5) is 0 Å². The third-order valence-corrected chi connectivity index (χ3v) is 4.79. The number of ether oxygens (including phenoxy) is 1. The zero-order valence-corrected chi connectivity index (χ0v) is 13.9. The van der Waals surface area contributed by atoms with Gasteiger partial charge in [-0.3, -0.25) is 9.59 Å². The number of carbonyl (C=O) groups excluding carboxylic acids is 2. The van der Waals surface area contributed by atoms with Gasteiger partial charge in [-0.15, -0.1) is 0 Å². The van der Waals surface area contributed by atoms with Crippen LogP contribution in [0.5, 0.6) is 0 Å². The summed E-state index contributed by atoms with van der Waals surface area (Å²) in [4.78, 5) is 27.4. The SMILES string of the molecule is CCC1C(=O)NC(C(C)(C)C)C(=O)N1C1(C)CCOCC1. The Balaban J connectivity index is 2.37. The maximum Gasteiger partial charge on any atom is 0.246 e. The fourth-order valence-electron chi connectivity index (χ4n) is 3.36. The van der Waals surface area contributed by atoms with Crippen molar-refractivity contribution in [3.8, 4) is 0 Å². The zero-order valence-electron chi connectivity index (χ0n) is 13.9. The summed E-state index contributed by atoms with van der Waals surface area (Å²) >= 11 is 0. The number of piperazine rings is 1. The number of hydrogen-bond donors (Lipinski definition) is 1. The van der Waals surface area contributed by atoms with E-state index in [1.165, 1.54) is 0 Å². The molecular formula is C16H28N2O3. The van der Waals surface area contributed by atoms with Gasteiger partial charge in [0.15, 0.2) is 0 Å². The molecule has 0 aromatic rings. The van der Waals surface area contributed by atoms with Crippen molar-refractivity contribution in [1.29, 1.82) is 0 Å². The van der Waals surface area contributed by atoms with E-state index in [9.17, 15) is 9.59 Å². The molecule has 2 atom stereocenters. The maximum absolute atomic E-state index is 13.1. The third kappa shape index (κ3) is 2.93. The molecule has 2 aliphatic rings. The monoisotopic (exact) mass is 296 g/mol. The Morgan fingerprint density at radius 1 is 1.29 bits per heavy atom. The van der Waals surface area contributed by atoms with Crippen molar-refractivity contribution in [2.45, 2.75) is 71.5 Å². The smallest absolute Gasteiger partial charge is 0.246 e. The van der Waals surface area contributed by atoms with Gasteiger partial charge in [0.05, 0.1) is 0 Å². The van der Waals surface area contributed by atoms with Gasteiger partial charge in [-0.2, -0.15) is 0 Å². The predicted octanol–water partition coefficient (Wildman–Crippen LogP) is 1.71. The van der Waals surface area contributed by atoms with Crippen LogP contribution in [0.1, 0.15) is 53.9 Å². The van der Waals surface area contributed by atoms with Crippen molar-refractivity contribution < 1.29 is 14.3 Å². The zero-order chi connectivity index (χ0) is 15.8. The van der Waals surface area contributed by atoms with Crippen LogP contribution < -0.4 is 5.32 Å². The third-order valence-electron chi connectivity index (χ3n) is 4.79. The summed E-state index contributed by atoms with van der Waals surface area (Å²) in [5.41, 5.74) is -0.567. The van der Waals surface area contributed by atoms with Gasteiger partial charge in [0.2, 0.25) is 11.8 Å². The van der Waals surface area contributed by atoms with Crippen LogP contribution in [0, 0.1) is 5.41 Å². The Kier molecular flexibility index (Phi) is 4.34. The summed E-state index contributed by atoms with van der Waals surface area (Å²) in [6.45, 7) is 11.3. The second-order valence-corrected chi connectivity index (χ2v) is 7.55. The first-order valence-electron chi connectivity index (χ1n) is 7.92. The molecule has 2 aliphatic heterocycles. The lowest BCUT2D eigenvalue weighted by Crippen LogP contribution is -2.71. The molecule has 0 bridgehead atoms. The predicted molar refractivity (Wildman–Crippen MR) is 80.8 cm³/mol. The molecule has 120 valence electrons. The maximum atomic E-state index is 13.1. The van der Waals surface area contributed by atoms with E-state index in [0.717, 1.165) is 12.8 Å². The molecule has 2 heterocycles. The molecule has 2 unspecified atom stereocenters. The first-order chi connectivity index (χ1) is 9.70. The van der Waals surface area contributed by atoms with Crippen LogP contribution in [0.15, 0.2) is 0 Å². The average Bonchev–Trinajstić information content (AvgIpc) is 2.39. The summed E-state index contributed by atoms with van der Waals surface area (Å²) in [5.74, 6) is 0.0306. The molecule has 2 rings (SSSR count). The quantitative estimate of drug-likeness (QED) is 0.844. The second kappa shape index (κ2) is 5.59. The Bertz CT molecular complexity index is 422. The van der Waals surface area contributed by atoms with Gasteiger partial charge in [-0.05, 0) is 31.6 Å². The van der Waals surface area contributed by atoms with Crippen LogP contribution >= 0.6 is 0 Å². The van der Waals surface area contributed by atoms with Crippen molar-refractivity contribution in [3.63, 3.8) is 0 Å². The second-order valence-electron chi connectivity index (χ2n) is 7.55. The Hall–Kier alpha value is -1.10. The molecule has 21 heavy (non-hydrogen) atoms. The molecule has 5 nitrogen and oxygen atoms in total. The summed E-state index contributed by atoms with van der Waals surface area (Å²) in [7, 11) is 0. The van der Waals surface area contributed by atoms with Gasteiger partial charge in [0.1, 0.15) is 12.1 Å². The van der Waals surface area contributed by atoms with Gasteiger partial charge in [0, 0.05) is 18.8 Å². The fraction of sp³-hybridized carbons (Fsp3) is 0.875. The van der Waals surface area contributed by atoms with Gasteiger partial charge < -0.3 is 15.0 Å². The lowest BCUT2D eigenvalue weighted by atomic mass is 9.80. The van der Waals surface area contributed by atoms with E-state index in [0.29, 0.717) is 19.6 Å². The summed E-state index contributed by atoms with van der Waals surface area (Å²) in [6, 6.07) is -0.813.